The zero-order valence-electron chi connectivity index (χ0n) is 32.3. The molecule has 0 aliphatic carbocycles. The first kappa shape index (κ1) is 23.0. The van der Waals surface area contributed by atoms with Crippen LogP contribution in [-0.4, -0.2) is 15.0 Å². The number of nitrogens with zero attached hydrogens (tertiary/aromatic N) is 3. The quantitative estimate of drug-likeness (QED) is 0.184. The monoisotopic (exact) mass is 663 g/mol. The number of fused-ring (bicyclic) bond motifs is 6. The summed E-state index contributed by atoms with van der Waals surface area (Å²) >= 11 is 1.67. The third-order valence-corrected chi connectivity index (χ3v) is 9.99. The molecule has 0 saturated heterocycles. The number of para-hydroxylation sites is 1. The highest BCUT2D eigenvalue weighted by molar-refractivity contribution is 7.25. The van der Waals surface area contributed by atoms with Crippen LogP contribution in [0.4, 0.5) is 0 Å². The van der Waals surface area contributed by atoms with E-state index in [1.807, 2.05) is 109 Å². The highest BCUT2D eigenvalue weighted by Gasteiger charge is 2.19. The van der Waals surface area contributed by atoms with Crippen LogP contribution in [0, 0.1) is 0 Å². The van der Waals surface area contributed by atoms with Gasteiger partial charge in [0.05, 0.1) is 8.22 Å². The number of benzene rings is 7. The molecule has 234 valence electrons. The van der Waals surface area contributed by atoms with Crippen LogP contribution in [0.1, 0.15) is 8.22 Å². The molecule has 4 nitrogen and oxygen atoms in total. The zero-order valence-corrected chi connectivity index (χ0v) is 27.1. The molecular formula is C45H27N3OS. The average molecular weight is 664 g/mol. The van der Waals surface area contributed by atoms with Crippen molar-refractivity contribution < 1.29 is 12.6 Å². The second kappa shape index (κ2) is 11.6. The second-order valence-electron chi connectivity index (χ2n) is 11.9. The van der Waals surface area contributed by atoms with Crippen molar-refractivity contribution in [1.82, 2.24) is 15.0 Å². The predicted octanol–water partition coefficient (Wildman–Crippen LogP) is 12.5. The van der Waals surface area contributed by atoms with Crippen LogP contribution in [0.25, 0.3) is 98.5 Å². The topological polar surface area (TPSA) is 51.8 Å². The first-order chi connectivity index (χ1) is 27.3. The molecule has 0 radical (unpaired) electrons. The van der Waals surface area contributed by atoms with Gasteiger partial charge in [-0.25, -0.2) is 15.0 Å². The summed E-state index contributed by atoms with van der Waals surface area (Å²) < 4.78 is 63.7. The van der Waals surface area contributed by atoms with Gasteiger partial charge in [-0.1, -0.05) is 133 Å². The molecule has 0 unspecified atom stereocenters. The lowest BCUT2D eigenvalue weighted by Crippen LogP contribution is -2.00. The minimum Gasteiger partial charge on any atom is -0.455 e. The molecular weight excluding hydrogens is 631 g/mol. The van der Waals surface area contributed by atoms with Gasteiger partial charge >= 0.3 is 0 Å². The fourth-order valence-corrected chi connectivity index (χ4v) is 7.63. The summed E-state index contributed by atoms with van der Waals surface area (Å²) in [5, 5.41) is 2.21. The Morgan fingerprint density at radius 1 is 0.480 bits per heavy atom. The number of furan rings is 1. The SMILES string of the molecule is [2H]c1c([2H])c([2H])c2c(oc3c([2H])c(-c4nc(-c5ccccc5)nc(-c5cccc6sc7ccccc7c56)n4)c([2H])c([2H])c32)c1-c1cccc(-c2ccccc2)c1. The Bertz CT molecular complexity index is 3220. The fourth-order valence-electron chi connectivity index (χ4n) is 6.50. The largest absolute Gasteiger partial charge is 0.455 e. The van der Waals surface area contributed by atoms with Crippen molar-refractivity contribution in [3.05, 3.63) is 164 Å². The molecule has 3 aromatic heterocycles. The number of aromatic nitrogens is 3. The summed E-state index contributed by atoms with van der Waals surface area (Å²) in [6.07, 6.45) is 0. The van der Waals surface area contributed by atoms with Crippen LogP contribution in [0.2, 0.25) is 0 Å². The molecule has 10 rings (SSSR count). The first-order valence-electron chi connectivity index (χ1n) is 19.1. The van der Waals surface area contributed by atoms with Crippen LogP contribution in [0.15, 0.2) is 168 Å². The third-order valence-electron chi connectivity index (χ3n) is 8.85. The zero-order chi connectivity index (χ0) is 38.2. The van der Waals surface area contributed by atoms with Gasteiger partial charge in [-0.15, -0.1) is 11.3 Å². The molecule has 0 aliphatic rings. The summed E-state index contributed by atoms with van der Waals surface area (Å²) in [4.78, 5) is 14.7. The van der Waals surface area contributed by atoms with E-state index in [-0.39, 0.29) is 75.1 Å². The van der Waals surface area contributed by atoms with E-state index >= 15 is 0 Å². The van der Waals surface area contributed by atoms with E-state index in [0.717, 1.165) is 36.9 Å². The Balaban J connectivity index is 1.24. The molecule has 0 bridgehead atoms. The van der Waals surface area contributed by atoms with Crippen molar-refractivity contribution in [2.45, 2.75) is 0 Å². The van der Waals surface area contributed by atoms with Gasteiger partial charge in [0.15, 0.2) is 17.5 Å². The summed E-state index contributed by atoms with van der Waals surface area (Å²) in [5.41, 5.74) is 4.21. The summed E-state index contributed by atoms with van der Waals surface area (Å²) in [6.45, 7) is 0. The number of thiophene rings is 1. The molecule has 7 aromatic carbocycles. The molecule has 5 heteroatoms. The van der Waals surface area contributed by atoms with E-state index in [1.54, 1.807) is 11.3 Å². The molecule has 0 aliphatic heterocycles. The average Bonchev–Trinajstić information content (AvgIpc) is 3.83. The van der Waals surface area contributed by atoms with E-state index in [2.05, 4.69) is 18.2 Å². The van der Waals surface area contributed by atoms with Crippen molar-refractivity contribution in [1.29, 1.82) is 0 Å². The lowest BCUT2D eigenvalue weighted by molar-refractivity contribution is 0.670. The van der Waals surface area contributed by atoms with Crippen LogP contribution < -0.4 is 0 Å². The third kappa shape index (κ3) is 4.79. The van der Waals surface area contributed by atoms with E-state index in [0.29, 0.717) is 22.8 Å². The Hall–Kier alpha value is -6.43. The Morgan fingerprint density at radius 3 is 2.02 bits per heavy atom. The van der Waals surface area contributed by atoms with Crippen molar-refractivity contribution >= 4 is 53.4 Å². The maximum absolute atomic E-state index is 9.56. The molecule has 10 aromatic rings. The van der Waals surface area contributed by atoms with Gasteiger partial charge in [0, 0.05) is 53.2 Å². The Labute approximate surface area is 300 Å². The van der Waals surface area contributed by atoms with Crippen LogP contribution in [0.3, 0.4) is 0 Å². The van der Waals surface area contributed by atoms with E-state index < -0.39 is 0 Å². The summed E-state index contributed by atoms with van der Waals surface area (Å²) in [7, 11) is 0. The van der Waals surface area contributed by atoms with Crippen LogP contribution in [-0.2, 0) is 0 Å². The molecule has 50 heavy (non-hydrogen) atoms. The Morgan fingerprint density at radius 2 is 1.16 bits per heavy atom. The van der Waals surface area contributed by atoms with Crippen molar-refractivity contribution in [3.8, 4) is 56.4 Å². The van der Waals surface area contributed by atoms with E-state index in [9.17, 15) is 4.11 Å². The second-order valence-corrected chi connectivity index (χ2v) is 13.0. The predicted molar refractivity (Wildman–Crippen MR) is 207 cm³/mol. The van der Waals surface area contributed by atoms with Crippen molar-refractivity contribution in [3.63, 3.8) is 0 Å². The minimum atomic E-state index is -0.341. The molecule has 0 saturated carbocycles. The van der Waals surface area contributed by atoms with Gasteiger partial charge in [-0.05, 0) is 47.0 Å². The molecule has 0 N–H and O–H groups in total. The summed E-state index contributed by atoms with van der Waals surface area (Å²) in [6, 6.07) is 39.1. The highest BCUT2D eigenvalue weighted by atomic mass is 32.1. The van der Waals surface area contributed by atoms with Crippen molar-refractivity contribution in [2.24, 2.45) is 0 Å². The van der Waals surface area contributed by atoms with Crippen molar-refractivity contribution in [2.75, 3.05) is 0 Å². The number of rotatable bonds is 5. The van der Waals surface area contributed by atoms with E-state index in [1.165, 1.54) is 0 Å². The Kier molecular flexibility index (Phi) is 5.35. The van der Waals surface area contributed by atoms with Crippen LogP contribution >= 0.6 is 11.3 Å². The molecule has 0 atom stereocenters. The van der Waals surface area contributed by atoms with Crippen LogP contribution in [0.5, 0.6) is 0 Å². The number of hydrogen-bond acceptors (Lipinski definition) is 5. The summed E-state index contributed by atoms with van der Waals surface area (Å²) in [5.74, 6) is 0.717. The minimum absolute atomic E-state index is 0.0268. The maximum atomic E-state index is 9.56. The van der Waals surface area contributed by atoms with Gasteiger partial charge < -0.3 is 4.42 Å². The van der Waals surface area contributed by atoms with Gasteiger partial charge in [0.1, 0.15) is 11.2 Å². The van der Waals surface area contributed by atoms with E-state index in [4.69, 9.17) is 23.5 Å². The molecule has 0 fully saturated rings. The molecule has 3 heterocycles. The highest BCUT2D eigenvalue weighted by Crippen LogP contribution is 2.41. The number of hydrogen-bond donors (Lipinski definition) is 0. The fraction of sp³-hybridized carbons (Fsp3) is 0. The van der Waals surface area contributed by atoms with Gasteiger partial charge in [-0.3, -0.25) is 0 Å². The molecule has 0 spiro atoms. The molecule has 0 amide bonds. The van der Waals surface area contributed by atoms with Gasteiger partial charge in [-0.2, -0.15) is 0 Å². The first-order valence-corrected chi connectivity index (χ1v) is 16.9. The van der Waals surface area contributed by atoms with Gasteiger partial charge in [0.25, 0.3) is 0 Å². The maximum Gasteiger partial charge on any atom is 0.164 e. The normalized spacial score (nSPS) is 13.3. The smallest absolute Gasteiger partial charge is 0.164 e. The lowest BCUT2D eigenvalue weighted by atomic mass is 9.97. The van der Waals surface area contributed by atoms with Gasteiger partial charge in [0.2, 0.25) is 0 Å². The lowest BCUT2D eigenvalue weighted by Gasteiger charge is -2.09. The standard InChI is InChI=1S/C45H27N3OS/c1-3-12-28(13-4-1)30-16-9-17-31(26-30)33-19-10-20-35-34-25-24-32(27-38(34)49-42(33)35)44-46-43(29-14-5-2-6-15-29)47-45(48-44)37-21-11-23-40-41(37)36-18-7-8-22-39(36)50-40/h1-27H/i10D,19D,20D,24D,25D,27D.